The zero-order valence-corrected chi connectivity index (χ0v) is 28.1. The summed E-state index contributed by atoms with van der Waals surface area (Å²) in [6, 6.07) is 3.14. The molecule has 0 amide bonds. The van der Waals surface area contributed by atoms with E-state index >= 15 is 0 Å². The highest BCUT2D eigenvalue weighted by Crippen LogP contribution is 2.83. The highest BCUT2D eigenvalue weighted by molar-refractivity contribution is 5.97. The van der Waals surface area contributed by atoms with Gasteiger partial charge in [-0.05, 0) is 43.2 Å². The SMILES string of the molecule is CC(C)[C@]12O[C@H]1[C@@H]1O[C@]13[C@]1(O[C@H]1CC1C4=C(CC[C@@]13C)C(=O)O/C4=C(/OC(=O)CCC(=O)OC[C@H]1OC(O)[C@@H](O)[C@@H](O)[C@@H]1O)c1ccco1)[C@@H]2O. The van der Waals surface area contributed by atoms with Gasteiger partial charge < -0.3 is 63.1 Å². The molecular formula is C35H40O16. The minimum absolute atomic E-state index is 0.0387. The normalized spacial score (nSPS) is 47.9. The number of esters is 3. The fourth-order valence-electron chi connectivity index (χ4n) is 10.1. The Labute approximate surface area is 290 Å². The number of carbonyl (C=O) groups excluding carboxylic acids is 3. The molecule has 6 fully saturated rings. The van der Waals surface area contributed by atoms with E-state index in [-0.39, 0.29) is 47.4 Å². The molecule has 3 aliphatic carbocycles. The molecule has 2 unspecified atom stereocenters. The van der Waals surface area contributed by atoms with Crippen LogP contribution in [0.2, 0.25) is 0 Å². The highest BCUT2D eigenvalue weighted by atomic mass is 16.7. The van der Waals surface area contributed by atoms with E-state index in [4.69, 9.17) is 37.6 Å². The van der Waals surface area contributed by atoms with Crippen molar-refractivity contribution in [2.45, 2.75) is 125 Å². The number of carbonyl (C=O) groups is 3. The first kappa shape index (κ1) is 33.6. The van der Waals surface area contributed by atoms with Crippen molar-refractivity contribution in [2.75, 3.05) is 6.61 Å². The van der Waals surface area contributed by atoms with Crippen LogP contribution in [0.15, 0.2) is 39.7 Å². The maximum atomic E-state index is 13.4. The lowest BCUT2D eigenvalue weighted by molar-refractivity contribution is -0.287. The van der Waals surface area contributed by atoms with Gasteiger partial charge in [-0.1, -0.05) is 20.8 Å². The van der Waals surface area contributed by atoms with Crippen molar-refractivity contribution in [3.63, 3.8) is 0 Å². The Morgan fingerprint density at radius 3 is 2.49 bits per heavy atom. The van der Waals surface area contributed by atoms with E-state index in [1.807, 2.05) is 13.8 Å². The van der Waals surface area contributed by atoms with Crippen LogP contribution in [0.5, 0.6) is 0 Å². The Morgan fingerprint density at radius 2 is 1.76 bits per heavy atom. The van der Waals surface area contributed by atoms with Crippen LogP contribution in [-0.4, -0.2) is 122 Å². The highest BCUT2D eigenvalue weighted by Gasteiger charge is 3.00. The van der Waals surface area contributed by atoms with Crippen molar-refractivity contribution in [2.24, 2.45) is 17.3 Å². The zero-order chi connectivity index (χ0) is 36.0. The smallest absolute Gasteiger partial charge is 0.339 e. The summed E-state index contributed by atoms with van der Waals surface area (Å²) in [5.41, 5.74) is -2.08. The van der Waals surface area contributed by atoms with Crippen LogP contribution in [-0.2, 0) is 47.5 Å². The first-order valence-corrected chi connectivity index (χ1v) is 17.4. The van der Waals surface area contributed by atoms with E-state index < -0.39 is 96.4 Å². The molecule has 51 heavy (non-hydrogen) atoms. The van der Waals surface area contributed by atoms with Gasteiger partial charge in [-0.2, -0.15) is 0 Å². The van der Waals surface area contributed by atoms with Crippen LogP contribution >= 0.6 is 0 Å². The topological polar surface area (TPSA) is 240 Å². The van der Waals surface area contributed by atoms with Crippen LogP contribution in [0.4, 0.5) is 0 Å². The number of epoxide rings is 3. The number of furan rings is 1. The number of allylic oxidation sites excluding steroid dienone is 1. The third kappa shape index (κ3) is 4.24. The summed E-state index contributed by atoms with van der Waals surface area (Å²) in [5.74, 6) is -2.55. The van der Waals surface area contributed by atoms with E-state index in [1.54, 1.807) is 12.1 Å². The lowest BCUT2D eigenvalue weighted by Crippen LogP contribution is -2.69. The largest absolute Gasteiger partial charge is 0.463 e. The zero-order valence-electron chi connectivity index (χ0n) is 28.1. The third-order valence-electron chi connectivity index (χ3n) is 12.8. The van der Waals surface area contributed by atoms with Gasteiger partial charge in [0, 0.05) is 16.6 Å². The summed E-state index contributed by atoms with van der Waals surface area (Å²) in [5, 5.41) is 51.2. The molecule has 8 aliphatic rings. The number of rotatable bonds is 8. The number of cyclic esters (lactones) is 1. The molecule has 16 nitrogen and oxygen atoms in total. The predicted octanol–water partition coefficient (Wildman–Crippen LogP) is -0.269. The Balaban J connectivity index is 0.954. The molecule has 5 aliphatic heterocycles. The van der Waals surface area contributed by atoms with Gasteiger partial charge in [0.15, 0.2) is 23.4 Å². The maximum Gasteiger partial charge on any atom is 0.339 e. The molecule has 16 heteroatoms. The molecule has 14 atom stereocenters. The van der Waals surface area contributed by atoms with Crippen molar-refractivity contribution in [3.8, 4) is 0 Å². The van der Waals surface area contributed by atoms with Crippen LogP contribution in [0, 0.1) is 17.3 Å². The van der Waals surface area contributed by atoms with Gasteiger partial charge >= 0.3 is 17.9 Å². The van der Waals surface area contributed by atoms with Crippen LogP contribution in [0.3, 0.4) is 0 Å². The summed E-state index contributed by atoms with van der Waals surface area (Å²) in [6.07, 6.45) is -8.17. The second-order valence-electron chi connectivity index (χ2n) is 15.4. The van der Waals surface area contributed by atoms with Crippen molar-refractivity contribution in [3.05, 3.63) is 41.1 Å². The number of hydrogen-bond donors (Lipinski definition) is 5. The second-order valence-corrected chi connectivity index (χ2v) is 15.4. The van der Waals surface area contributed by atoms with Gasteiger partial charge in [-0.15, -0.1) is 0 Å². The minimum atomic E-state index is -1.80. The van der Waals surface area contributed by atoms with E-state index in [9.17, 15) is 39.9 Å². The molecule has 0 radical (unpaired) electrons. The van der Waals surface area contributed by atoms with E-state index in [1.165, 1.54) is 6.26 Å². The lowest BCUT2D eigenvalue weighted by Gasteiger charge is -2.53. The van der Waals surface area contributed by atoms with Crippen LogP contribution < -0.4 is 0 Å². The van der Waals surface area contributed by atoms with Crippen molar-refractivity contribution >= 4 is 23.7 Å². The van der Waals surface area contributed by atoms with E-state index in [2.05, 4.69) is 6.92 Å². The molecule has 4 saturated heterocycles. The fourth-order valence-corrected chi connectivity index (χ4v) is 10.1. The number of aliphatic hydroxyl groups excluding tert-OH is 5. The second kappa shape index (κ2) is 10.9. The maximum absolute atomic E-state index is 13.4. The van der Waals surface area contributed by atoms with Crippen LogP contribution in [0.1, 0.15) is 58.6 Å². The number of hydrogen-bond acceptors (Lipinski definition) is 16. The molecule has 5 N–H and O–H groups in total. The third-order valence-corrected chi connectivity index (χ3v) is 12.8. The molecule has 1 aromatic heterocycles. The molecular weight excluding hydrogens is 676 g/mol. The predicted molar refractivity (Wildman–Crippen MR) is 163 cm³/mol. The molecule has 1 aromatic rings. The average Bonchev–Trinajstić information content (AvgIpc) is 4.04. The Kier molecular flexibility index (Phi) is 7.21. The monoisotopic (exact) mass is 716 g/mol. The number of aliphatic hydroxyl groups is 5. The van der Waals surface area contributed by atoms with Crippen LogP contribution in [0.25, 0.3) is 5.76 Å². The summed E-state index contributed by atoms with van der Waals surface area (Å²) in [7, 11) is 0. The van der Waals surface area contributed by atoms with Gasteiger partial charge in [-0.3, -0.25) is 9.59 Å². The summed E-state index contributed by atoms with van der Waals surface area (Å²) < 4.78 is 46.8. The fraction of sp³-hybridized carbons (Fsp3) is 0.686. The summed E-state index contributed by atoms with van der Waals surface area (Å²) in [6.45, 7) is 5.59. The molecule has 9 rings (SSSR count). The molecule has 0 bridgehead atoms. The lowest BCUT2D eigenvalue weighted by atomic mass is 9.46. The van der Waals surface area contributed by atoms with Crippen molar-refractivity contribution in [1.82, 2.24) is 0 Å². The van der Waals surface area contributed by atoms with Crippen molar-refractivity contribution in [1.29, 1.82) is 0 Å². The Morgan fingerprint density at radius 1 is 1.00 bits per heavy atom. The van der Waals surface area contributed by atoms with Gasteiger partial charge in [0.2, 0.25) is 5.76 Å². The average molecular weight is 717 g/mol. The summed E-state index contributed by atoms with van der Waals surface area (Å²) >= 11 is 0. The van der Waals surface area contributed by atoms with Gasteiger partial charge in [-0.25, -0.2) is 4.79 Å². The quantitative estimate of drug-likeness (QED) is 0.101. The molecule has 0 aromatic carbocycles. The van der Waals surface area contributed by atoms with Gasteiger partial charge in [0.25, 0.3) is 0 Å². The van der Waals surface area contributed by atoms with Gasteiger partial charge in [0.1, 0.15) is 60.5 Å². The number of fused-ring (bicyclic) bond motifs is 4. The number of ether oxygens (including phenoxy) is 7. The van der Waals surface area contributed by atoms with E-state index in [0.717, 1.165) is 0 Å². The minimum Gasteiger partial charge on any atom is -0.463 e. The first-order valence-electron chi connectivity index (χ1n) is 17.4. The van der Waals surface area contributed by atoms with E-state index in [0.29, 0.717) is 30.4 Å². The molecule has 2 spiro atoms. The molecule has 6 heterocycles. The standard InChI is InChI=1S/C35H40O16/c1-13(2)33-27(50-33)28-35(51-28)32(3)9-8-14-21(15(32)11-18-34(35,49-18)31(33)43)26(48-29(14)41)25(16-5-4-10-44-16)47-20(37)7-6-19(36)45-12-17-22(38)23(39)24(40)30(42)46-17/h4-5,10,13,15,17-18,22-24,27-28,30-31,38-40,42-43H,6-9,11-12H2,1-3H3/b26-25+/t15?,17-,18+,22-,23+,24+,27+,28+,30?,31-,32+,33+,34-,35-/m1/s1. The Hall–Kier alpha value is -3.19. The molecule has 2 saturated carbocycles. The Bertz CT molecular complexity index is 1750. The first-order chi connectivity index (χ1) is 24.2. The summed E-state index contributed by atoms with van der Waals surface area (Å²) in [4.78, 5) is 39.2. The molecule has 276 valence electrons. The van der Waals surface area contributed by atoms with Gasteiger partial charge in [0.05, 0.1) is 25.2 Å². The van der Waals surface area contributed by atoms with Crippen molar-refractivity contribution < 1.29 is 77.5 Å².